The molecule has 96 valence electrons. The molecule has 1 aromatic rings. The minimum absolute atomic E-state index is 0.0923. The lowest BCUT2D eigenvalue weighted by Gasteiger charge is -2.27. The van der Waals surface area contributed by atoms with Gasteiger partial charge in [0.2, 0.25) is 0 Å². The van der Waals surface area contributed by atoms with Crippen molar-refractivity contribution in [2.24, 2.45) is 5.84 Å². The van der Waals surface area contributed by atoms with Gasteiger partial charge in [-0.25, -0.2) is 15.8 Å². The molecule has 0 aliphatic heterocycles. The molecule has 0 aliphatic rings. The summed E-state index contributed by atoms with van der Waals surface area (Å²) in [5.41, 5.74) is 2.54. The number of nitrogens with one attached hydrogen (secondary N) is 1. The predicted octanol–water partition coefficient (Wildman–Crippen LogP) is 0.532. The van der Waals surface area contributed by atoms with Crippen molar-refractivity contribution in [1.82, 2.24) is 9.97 Å². The van der Waals surface area contributed by atoms with E-state index in [-0.39, 0.29) is 12.6 Å². The summed E-state index contributed by atoms with van der Waals surface area (Å²) in [6, 6.07) is 2.04. The fourth-order valence-electron chi connectivity index (χ4n) is 1.61. The van der Waals surface area contributed by atoms with E-state index in [0.717, 1.165) is 18.1 Å². The van der Waals surface area contributed by atoms with Crippen molar-refractivity contribution in [2.45, 2.75) is 33.2 Å². The van der Waals surface area contributed by atoms with Crippen molar-refractivity contribution in [3.8, 4) is 0 Å². The Morgan fingerprint density at radius 3 is 2.65 bits per heavy atom. The van der Waals surface area contributed by atoms with Gasteiger partial charge in [0.05, 0.1) is 6.61 Å². The van der Waals surface area contributed by atoms with E-state index >= 15 is 0 Å². The van der Waals surface area contributed by atoms with Crippen LogP contribution in [0.5, 0.6) is 0 Å². The molecule has 6 heteroatoms. The number of hydrogen-bond acceptors (Lipinski definition) is 6. The van der Waals surface area contributed by atoms with E-state index in [1.54, 1.807) is 6.07 Å². The third kappa shape index (κ3) is 3.54. The fourth-order valence-corrected chi connectivity index (χ4v) is 1.61. The predicted molar refractivity (Wildman–Crippen MR) is 68.8 cm³/mol. The zero-order valence-corrected chi connectivity index (χ0v) is 10.6. The van der Waals surface area contributed by atoms with Gasteiger partial charge in [-0.1, -0.05) is 6.92 Å². The van der Waals surface area contributed by atoms with Crippen LogP contribution < -0.4 is 16.2 Å². The Morgan fingerprint density at radius 2 is 2.18 bits per heavy atom. The summed E-state index contributed by atoms with van der Waals surface area (Å²) in [5.74, 6) is 7.50. The monoisotopic (exact) mass is 239 g/mol. The molecule has 0 spiro atoms. The van der Waals surface area contributed by atoms with Gasteiger partial charge in [0.25, 0.3) is 0 Å². The lowest BCUT2D eigenvalue weighted by molar-refractivity contribution is 0.298. The highest BCUT2D eigenvalue weighted by molar-refractivity contribution is 5.49. The average molecular weight is 239 g/mol. The van der Waals surface area contributed by atoms with E-state index in [1.807, 2.05) is 11.8 Å². The Labute approximate surface area is 102 Å². The Morgan fingerprint density at radius 1 is 1.47 bits per heavy atom. The number of nitrogens with zero attached hydrogens (tertiary/aromatic N) is 3. The number of hydrogen-bond donors (Lipinski definition) is 3. The molecule has 0 aromatic carbocycles. The zero-order chi connectivity index (χ0) is 12.8. The lowest BCUT2D eigenvalue weighted by Crippen LogP contribution is -2.34. The molecule has 0 amide bonds. The van der Waals surface area contributed by atoms with E-state index in [0.29, 0.717) is 12.4 Å². The van der Waals surface area contributed by atoms with E-state index in [1.165, 1.54) is 0 Å². The van der Waals surface area contributed by atoms with Crippen LogP contribution in [0, 0.1) is 0 Å². The molecule has 0 atom stereocenters. The molecule has 6 nitrogen and oxygen atoms in total. The first-order chi connectivity index (χ1) is 8.12. The minimum Gasteiger partial charge on any atom is -0.395 e. The van der Waals surface area contributed by atoms with Gasteiger partial charge in [-0.3, -0.25) is 0 Å². The summed E-state index contributed by atoms with van der Waals surface area (Å²) in [5, 5.41) is 9.07. The van der Waals surface area contributed by atoms with Crippen molar-refractivity contribution < 1.29 is 5.11 Å². The largest absolute Gasteiger partial charge is 0.395 e. The third-order valence-electron chi connectivity index (χ3n) is 2.48. The minimum atomic E-state index is 0.0923. The summed E-state index contributed by atoms with van der Waals surface area (Å²) in [6.45, 7) is 6.74. The molecule has 0 radical (unpaired) electrons. The van der Waals surface area contributed by atoms with Crippen molar-refractivity contribution >= 4 is 11.6 Å². The van der Waals surface area contributed by atoms with Gasteiger partial charge < -0.3 is 15.4 Å². The molecule has 0 unspecified atom stereocenters. The number of aromatic nitrogens is 2. The summed E-state index contributed by atoms with van der Waals surface area (Å²) in [6.07, 6.45) is 0.744. The smallest absolute Gasteiger partial charge is 0.145 e. The van der Waals surface area contributed by atoms with Gasteiger partial charge in [-0.05, 0) is 13.8 Å². The van der Waals surface area contributed by atoms with Crippen LogP contribution in [-0.2, 0) is 6.42 Å². The quantitative estimate of drug-likeness (QED) is 0.496. The highest BCUT2D eigenvalue weighted by Crippen LogP contribution is 2.17. The first-order valence-electron chi connectivity index (χ1n) is 5.84. The summed E-state index contributed by atoms with van der Waals surface area (Å²) >= 11 is 0. The highest BCUT2D eigenvalue weighted by atomic mass is 16.3. The van der Waals surface area contributed by atoms with Crippen molar-refractivity contribution in [3.05, 3.63) is 11.9 Å². The first kappa shape index (κ1) is 13.7. The number of hydrazine groups is 1. The number of aliphatic hydroxyl groups is 1. The van der Waals surface area contributed by atoms with E-state index in [9.17, 15) is 0 Å². The molecule has 0 aliphatic carbocycles. The number of aliphatic hydroxyl groups excluding tert-OH is 1. The topological polar surface area (TPSA) is 87.3 Å². The maximum atomic E-state index is 9.07. The number of aryl methyl sites for hydroxylation is 1. The number of anilines is 2. The summed E-state index contributed by atoms with van der Waals surface area (Å²) in [4.78, 5) is 10.7. The molecular weight excluding hydrogens is 218 g/mol. The second-order valence-electron chi connectivity index (χ2n) is 4.04. The average Bonchev–Trinajstić information content (AvgIpc) is 2.34. The maximum Gasteiger partial charge on any atom is 0.145 e. The van der Waals surface area contributed by atoms with E-state index in [2.05, 4.69) is 29.2 Å². The zero-order valence-electron chi connectivity index (χ0n) is 10.6. The van der Waals surface area contributed by atoms with Crippen LogP contribution in [0.4, 0.5) is 11.6 Å². The lowest BCUT2D eigenvalue weighted by atomic mass is 10.3. The normalized spacial score (nSPS) is 10.7. The van der Waals surface area contributed by atoms with Crippen LogP contribution in [0.15, 0.2) is 6.07 Å². The summed E-state index contributed by atoms with van der Waals surface area (Å²) < 4.78 is 0. The molecule has 0 fully saturated rings. The second kappa shape index (κ2) is 6.36. The first-order valence-corrected chi connectivity index (χ1v) is 5.84. The molecule has 0 bridgehead atoms. The van der Waals surface area contributed by atoms with E-state index in [4.69, 9.17) is 10.9 Å². The SMILES string of the molecule is CCc1nc(NN)cc(N(CCO)C(C)C)n1. The molecule has 1 heterocycles. The highest BCUT2D eigenvalue weighted by Gasteiger charge is 2.13. The number of rotatable bonds is 6. The standard InChI is InChI=1S/C11H21N5O/c1-4-9-13-10(15-12)7-11(14-9)16(5-6-17)8(2)3/h7-8,17H,4-6,12H2,1-3H3,(H,13,14,15). The Kier molecular flexibility index (Phi) is 5.11. The van der Waals surface area contributed by atoms with E-state index < -0.39 is 0 Å². The van der Waals surface area contributed by atoms with Crippen LogP contribution >= 0.6 is 0 Å². The fraction of sp³-hybridized carbons (Fsp3) is 0.636. The second-order valence-corrected chi connectivity index (χ2v) is 4.04. The van der Waals surface area contributed by atoms with Crippen molar-refractivity contribution in [1.29, 1.82) is 0 Å². The van der Waals surface area contributed by atoms with Crippen molar-refractivity contribution in [2.75, 3.05) is 23.5 Å². The molecule has 1 rings (SSSR count). The summed E-state index contributed by atoms with van der Waals surface area (Å²) in [7, 11) is 0. The van der Waals surface area contributed by atoms with Crippen LogP contribution in [0.2, 0.25) is 0 Å². The van der Waals surface area contributed by atoms with Gasteiger partial charge in [-0.2, -0.15) is 0 Å². The number of nitrogens with two attached hydrogens (primary N) is 1. The number of nitrogen functional groups attached to an aromatic ring is 1. The third-order valence-corrected chi connectivity index (χ3v) is 2.48. The van der Waals surface area contributed by atoms with Crippen LogP contribution in [-0.4, -0.2) is 34.3 Å². The molecule has 0 saturated heterocycles. The Hall–Kier alpha value is -1.40. The van der Waals surface area contributed by atoms with Gasteiger partial charge in [0.15, 0.2) is 0 Å². The van der Waals surface area contributed by atoms with Gasteiger partial charge in [0, 0.05) is 25.1 Å². The van der Waals surface area contributed by atoms with Crippen LogP contribution in [0.1, 0.15) is 26.6 Å². The molecular formula is C11H21N5O. The van der Waals surface area contributed by atoms with Gasteiger partial charge >= 0.3 is 0 Å². The van der Waals surface area contributed by atoms with Crippen LogP contribution in [0.25, 0.3) is 0 Å². The molecule has 1 aromatic heterocycles. The Balaban J connectivity index is 3.08. The van der Waals surface area contributed by atoms with Crippen molar-refractivity contribution in [3.63, 3.8) is 0 Å². The molecule has 17 heavy (non-hydrogen) atoms. The molecule has 4 N–H and O–H groups in total. The molecule has 0 saturated carbocycles. The maximum absolute atomic E-state index is 9.07. The van der Waals surface area contributed by atoms with Gasteiger partial charge in [-0.15, -0.1) is 0 Å². The van der Waals surface area contributed by atoms with Gasteiger partial charge in [0.1, 0.15) is 17.5 Å². The van der Waals surface area contributed by atoms with Crippen LogP contribution in [0.3, 0.4) is 0 Å². The Bertz CT molecular complexity index is 333.